The Morgan fingerprint density at radius 2 is 1.90 bits per heavy atom. The lowest BCUT2D eigenvalue weighted by atomic mass is 10.3. The van der Waals surface area contributed by atoms with Gasteiger partial charge in [0.2, 0.25) is 11.8 Å². The molecule has 0 aliphatic carbocycles. The molecule has 0 bridgehead atoms. The first-order valence-electron chi connectivity index (χ1n) is 9.24. The minimum atomic E-state index is -0.198. The minimum absolute atomic E-state index is 0.140. The van der Waals surface area contributed by atoms with Crippen LogP contribution in [0, 0.1) is 0 Å². The van der Waals surface area contributed by atoms with Gasteiger partial charge >= 0.3 is 0 Å². The van der Waals surface area contributed by atoms with E-state index in [1.54, 1.807) is 36.4 Å². The van der Waals surface area contributed by atoms with Crippen LogP contribution in [0.4, 0.5) is 10.8 Å². The molecule has 0 saturated heterocycles. The highest BCUT2D eigenvalue weighted by atomic mass is 35.5. The van der Waals surface area contributed by atoms with Crippen LogP contribution in [-0.4, -0.2) is 21.8 Å². The number of carbonyl (C=O) groups is 2. The largest absolute Gasteiger partial charge is 0.486 e. The van der Waals surface area contributed by atoms with Crippen molar-refractivity contribution in [2.75, 3.05) is 10.6 Å². The SMILES string of the molecule is CC(=O)Nc1ccc2nc(NC(=O)Cc3csc(COc4ccc(Cl)cc4)n3)sc2c1. The van der Waals surface area contributed by atoms with Crippen molar-refractivity contribution >= 4 is 67.1 Å². The quantitative estimate of drug-likeness (QED) is 0.389. The summed E-state index contributed by atoms with van der Waals surface area (Å²) >= 11 is 8.65. The molecular formula is C21H17ClN4O3S2. The van der Waals surface area contributed by atoms with E-state index in [-0.39, 0.29) is 18.2 Å². The van der Waals surface area contributed by atoms with Crippen LogP contribution in [0.15, 0.2) is 47.8 Å². The average molecular weight is 473 g/mol. The van der Waals surface area contributed by atoms with Crippen LogP contribution in [0.3, 0.4) is 0 Å². The maximum Gasteiger partial charge on any atom is 0.232 e. The highest BCUT2D eigenvalue weighted by Gasteiger charge is 2.12. The predicted molar refractivity (Wildman–Crippen MR) is 124 cm³/mol. The van der Waals surface area contributed by atoms with E-state index in [0.717, 1.165) is 15.2 Å². The van der Waals surface area contributed by atoms with E-state index in [4.69, 9.17) is 16.3 Å². The molecular weight excluding hydrogens is 456 g/mol. The highest BCUT2D eigenvalue weighted by molar-refractivity contribution is 7.22. The molecule has 2 aromatic heterocycles. The van der Waals surface area contributed by atoms with Crippen LogP contribution in [0.1, 0.15) is 17.6 Å². The third-order valence-corrected chi connectivity index (χ3v) is 6.13. The summed E-state index contributed by atoms with van der Waals surface area (Å²) in [7, 11) is 0. The molecule has 10 heteroatoms. The summed E-state index contributed by atoms with van der Waals surface area (Å²) < 4.78 is 6.55. The highest BCUT2D eigenvalue weighted by Crippen LogP contribution is 2.28. The van der Waals surface area contributed by atoms with Crippen LogP contribution in [0.2, 0.25) is 5.02 Å². The molecule has 4 aromatic rings. The molecule has 2 aromatic carbocycles. The molecule has 4 rings (SSSR count). The van der Waals surface area contributed by atoms with Crippen molar-refractivity contribution < 1.29 is 14.3 Å². The van der Waals surface area contributed by atoms with Crippen molar-refractivity contribution in [1.29, 1.82) is 0 Å². The summed E-state index contributed by atoms with van der Waals surface area (Å²) in [6.07, 6.45) is 0.143. The monoisotopic (exact) mass is 472 g/mol. The number of thiazole rings is 2. The second-order valence-electron chi connectivity index (χ2n) is 6.58. The molecule has 0 atom stereocenters. The van der Waals surface area contributed by atoms with E-state index in [1.807, 2.05) is 11.4 Å². The van der Waals surface area contributed by atoms with Crippen LogP contribution in [0.25, 0.3) is 10.2 Å². The van der Waals surface area contributed by atoms with Gasteiger partial charge in [0.15, 0.2) is 5.13 Å². The first kappa shape index (κ1) is 21.2. The number of ether oxygens (including phenoxy) is 1. The van der Waals surface area contributed by atoms with Crippen LogP contribution in [0.5, 0.6) is 5.75 Å². The lowest BCUT2D eigenvalue weighted by molar-refractivity contribution is -0.116. The maximum atomic E-state index is 12.4. The number of fused-ring (bicyclic) bond motifs is 1. The second-order valence-corrected chi connectivity index (χ2v) is 8.99. The average Bonchev–Trinajstić information content (AvgIpc) is 3.32. The van der Waals surface area contributed by atoms with Gasteiger partial charge < -0.3 is 15.4 Å². The Bertz CT molecular complexity index is 1240. The molecule has 2 N–H and O–H groups in total. The number of hydrogen-bond acceptors (Lipinski definition) is 7. The third kappa shape index (κ3) is 5.78. The zero-order chi connectivity index (χ0) is 21.8. The molecule has 0 aliphatic rings. The molecule has 0 radical (unpaired) electrons. The summed E-state index contributed by atoms with van der Waals surface area (Å²) in [6, 6.07) is 12.5. The molecule has 0 spiro atoms. The molecule has 2 amide bonds. The molecule has 7 nitrogen and oxygen atoms in total. The molecule has 158 valence electrons. The van der Waals surface area contributed by atoms with Gasteiger partial charge in [0.25, 0.3) is 0 Å². The van der Waals surface area contributed by atoms with Gasteiger partial charge in [0.1, 0.15) is 17.4 Å². The fraction of sp³-hybridized carbons (Fsp3) is 0.143. The number of nitrogens with zero attached hydrogens (tertiary/aromatic N) is 2. The number of benzene rings is 2. The zero-order valence-electron chi connectivity index (χ0n) is 16.3. The Hall–Kier alpha value is -3.01. The van der Waals surface area contributed by atoms with E-state index >= 15 is 0 Å². The van der Waals surface area contributed by atoms with Crippen molar-refractivity contribution in [3.63, 3.8) is 0 Å². The molecule has 0 aliphatic heterocycles. The van der Waals surface area contributed by atoms with E-state index in [2.05, 4.69) is 20.6 Å². The van der Waals surface area contributed by atoms with Crippen LogP contribution < -0.4 is 15.4 Å². The number of nitrogens with one attached hydrogen (secondary N) is 2. The van der Waals surface area contributed by atoms with E-state index in [0.29, 0.717) is 33.9 Å². The summed E-state index contributed by atoms with van der Waals surface area (Å²) in [5.74, 6) is 0.367. The number of anilines is 2. The molecule has 31 heavy (non-hydrogen) atoms. The number of halogens is 1. The summed E-state index contributed by atoms with van der Waals surface area (Å²) in [4.78, 5) is 32.5. The number of amides is 2. The van der Waals surface area contributed by atoms with Gasteiger partial charge in [0.05, 0.1) is 22.3 Å². The van der Waals surface area contributed by atoms with Crippen molar-refractivity contribution in [3.05, 3.63) is 63.6 Å². The Morgan fingerprint density at radius 3 is 2.68 bits per heavy atom. The third-order valence-electron chi connectivity index (χ3n) is 4.07. The van der Waals surface area contributed by atoms with Gasteiger partial charge in [-0.1, -0.05) is 22.9 Å². The molecule has 0 fully saturated rings. The van der Waals surface area contributed by atoms with E-state index < -0.39 is 0 Å². The van der Waals surface area contributed by atoms with Crippen molar-refractivity contribution in [1.82, 2.24) is 9.97 Å². The summed E-state index contributed by atoms with van der Waals surface area (Å²) in [5, 5.41) is 9.33. The Labute approximate surface area is 191 Å². The van der Waals surface area contributed by atoms with Crippen LogP contribution in [-0.2, 0) is 22.6 Å². The number of hydrogen-bond donors (Lipinski definition) is 2. The van der Waals surface area contributed by atoms with Gasteiger partial charge in [-0.25, -0.2) is 9.97 Å². The van der Waals surface area contributed by atoms with Crippen LogP contribution >= 0.6 is 34.3 Å². The van der Waals surface area contributed by atoms with Gasteiger partial charge in [-0.3, -0.25) is 9.59 Å². The normalized spacial score (nSPS) is 10.8. The number of rotatable bonds is 7. The fourth-order valence-corrected chi connectivity index (χ4v) is 4.51. The van der Waals surface area contributed by atoms with Gasteiger partial charge in [-0.15, -0.1) is 11.3 Å². The van der Waals surface area contributed by atoms with Gasteiger partial charge in [-0.05, 0) is 42.5 Å². The van der Waals surface area contributed by atoms with Crippen molar-refractivity contribution in [2.45, 2.75) is 20.0 Å². The maximum absolute atomic E-state index is 12.4. The predicted octanol–water partition coefficient (Wildman–Crippen LogP) is 5.12. The van der Waals surface area contributed by atoms with Gasteiger partial charge in [0, 0.05) is 23.0 Å². The Balaban J connectivity index is 1.33. The standard InChI is InChI=1S/C21H17ClN4O3S2/c1-12(27)23-14-4-7-17-18(8-14)31-21(25-17)26-19(28)9-15-11-30-20(24-15)10-29-16-5-2-13(22)3-6-16/h2-8,11H,9-10H2,1H3,(H,23,27)(H,25,26,28). The first-order chi connectivity index (χ1) is 14.9. The lowest BCUT2D eigenvalue weighted by Gasteiger charge is -2.03. The van der Waals surface area contributed by atoms with Crippen molar-refractivity contribution in [2.24, 2.45) is 0 Å². The van der Waals surface area contributed by atoms with E-state index in [1.165, 1.54) is 29.6 Å². The summed E-state index contributed by atoms with van der Waals surface area (Å²) in [6.45, 7) is 1.78. The smallest absolute Gasteiger partial charge is 0.232 e. The number of aromatic nitrogens is 2. The molecule has 0 saturated carbocycles. The summed E-state index contributed by atoms with van der Waals surface area (Å²) in [5.41, 5.74) is 2.12. The topological polar surface area (TPSA) is 93.2 Å². The number of carbonyl (C=O) groups excluding carboxylic acids is 2. The Morgan fingerprint density at radius 1 is 1.10 bits per heavy atom. The van der Waals surface area contributed by atoms with Gasteiger partial charge in [-0.2, -0.15) is 0 Å². The molecule has 2 heterocycles. The minimum Gasteiger partial charge on any atom is -0.486 e. The molecule has 0 unspecified atom stereocenters. The zero-order valence-corrected chi connectivity index (χ0v) is 18.7. The second kappa shape index (κ2) is 9.42. The Kier molecular flexibility index (Phi) is 6.45. The van der Waals surface area contributed by atoms with Crippen molar-refractivity contribution in [3.8, 4) is 5.75 Å². The van der Waals surface area contributed by atoms with E-state index in [9.17, 15) is 9.59 Å². The first-order valence-corrected chi connectivity index (χ1v) is 11.3. The lowest BCUT2D eigenvalue weighted by Crippen LogP contribution is -2.14. The fourth-order valence-electron chi connectivity index (χ4n) is 2.76.